The van der Waals surface area contributed by atoms with Crippen molar-refractivity contribution in [2.45, 2.75) is 6.54 Å². The fourth-order valence-electron chi connectivity index (χ4n) is 1.17. The minimum absolute atomic E-state index is 0.429. The van der Waals surface area contributed by atoms with Crippen LogP contribution in [0.1, 0.15) is 5.56 Å². The summed E-state index contributed by atoms with van der Waals surface area (Å²) >= 11 is 5.72. The lowest BCUT2D eigenvalue weighted by atomic mass is 10.4. The lowest BCUT2D eigenvalue weighted by Gasteiger charge is -2.01. The van der Waals surface area contributed by atoms with E-state index in [1.165, 1.54) is 0 Å². The number of aryl methyl sites for hydroxylation is 1. The van der Waals surface area contributed by atoms with Gasteiger partial charge in [0.15, 0.2) is 0 Å². The van der Waals surface area contributed by atoms with E-state index in [1.54, 1.807) is 23.1 Å². The molecule has 1 N–H and O–H groups in total. The van der Waals surface area contributed by atoms with Crippen LogP contribution in [-0.2, 0) is 13.6 Å². The highest BCUT2D eigenvalue weighted by Crippen LogP contribution is 2.07. The zero-order chi connectivity index (χ0) is 10.7. The summed E-state index contributed by atoms with van der Waals surface area (Å²) in [6.07, 6.45) is 5.33. The third kappa shape index (κ3) is 2.66. The fraction of sp³-hybridized carbons (Fsp3) is 0.222. The second kappa shape index (κ2) is 4.27. The van der Waals surface area contributed by atoms with Gasteiger partial charge in [0.2, 0.25) is 5.95 Å². The topological polar surface area (TPSA) is 55.6 Å². The average molecular weight is 224 g/mol. The van der Waals surface area contributed by atoms with E-state index in [0.717, 1.165) is 5.56 Å². The molecule has 2 rings (SSSR count). The van der Waals surface area contributed by atoms with Crippen molar-refractivity contribution in [3.63, 3.8) is 0 Å². The molecule has 0 saturated carbocycles. The third-order valence-corrected chi connectivity index (χ3v) is 2.04. The van der Waals surface area contributed by atoms with Crippen molar-refractivity contribution < 1.29 is 0 Å². The Morgan fingerprint density at radius 3 is 3.07 bits per heavy atom. The standard InChI is InChI=1S/C9H10ClN5/c1-15-6-7(5-13-15)4-12-9-11-3-2-8(10)14-9/h2-3,5-6H,4H2,1H3,(H,11,12,14). The molecule has 5 nitrogen and oxygen atoms in total. The van der Waals surface area contributed by atoms with Gasteiger partial charge >= 0.3 is 0 Å². The number of aromatic nitrogens is 4. The lowest BCUT2D eigenvalue weighted by molar-refractivity contribution is 0.767. The third-order valence-electron chi connectivity index (χ3n) is 1.83. The first-order chi connectivity index (χ1) is 7.24. The Morgan fingerprint density at radius 2 is 2.40 bits per heavy atom. The Balaban J connectivity index is 1.99. The first-order valence-electron chi connectivity index (χ1n) is 4.44. The largest absolute Gasteiger partial charge is 0.350 e. The van der Waals surface area contributed by atoms with Crippen molar-refractivity contribution in [1.29, 1.82) is 0 Å². The van der Waals surface area contributed by atoms with Gasteiger partial charge in [0, 0.05) is 31.5 Å². The van der Waals surface area contributed by atoms with Gasteiger partial charge in [-0.25, -0.2) is 9.97 Å². The van der Waals surface area contributed by atoms with Crippen LogP contribution in [0.15, 0.2) is 24.7 Å². The van der Waals surface area contributed by atoms with Gasteiger partial charge in [-0.2, -0.15) is 5.10 Å². The maximum atomic E-state index is 5.72. The lowest BCUT2D eigenvalue weighted by Crippen LogP contribution is -2.02. The highest BCUT2D eigenvalue weighted by molar-refractivity contribution is 6.29. The van der Waals surface area contributed by atoms with Gasteiger partial charge in [0.05, 0.1) is 6.20 Å². The number of hydrogen-bond acceptors (Lipinski definition) is 4. The van der Waals surface area contributed by atoms with E-state index < -0.39 is 0 Å². The first-order valence-corrected chi connectivity index (χ1v) is 4.82. The normalized spacial score (nSPS) is 10.3. The molecule has 0 aliphatic rings. The minimum atomic E-state index is 0.429. The smallest absolute Gasteiger partial charge is 0.224 e. The zero-order valence-electron chi connectivity index (χ0n) is 8.18. The Labute approximate surface area is 92.1 Å². The maximum Gasteiger partial charge on any atom is 0.224 e. The molecule has 0 radical (unpaired) electrons. The molecule has 78 valence electrons. The summed E-state index contributed by atoms with van der Waals surface area (Å²) in [5, 5.41) is 7.54. The molecule has 0 fully saturated rings. The van der Waals surface area contributed by atoms with Gasteiger partial charge in [0.25, 0.3) is 0 Å². The molecule has 0 saturated heterocycles. The highest BCUT2D eigenvalue weighted by Gasteiger charge is 1.98. The summed E-state index contributed by atoms with van der Waals surface area (Å²) in [5.41, 5.74) is 1.07. The molecule has 15 heavy (non-hydrogen) atoms. The van der Waals surface area contributed by atoms with Gasteiger partial charge in [-0.1, -0.05) is 11.6 Å². The van der Waals surface area contributed by atoms with Crippen LogP contribution in [0.3, 0.4) is 0 Å². The second-order valence-corrected chi connectivity index (χ2v) is 3.47. The van der Waals surface area contributed by atoms with E-state index in [2.05, 4.69) is 20.4 Å². The second-order valence-electron chi connectivity index (χ2n) is 3.08. The molecule has 2 heterocycles. The molecule has 2 aromatic rings. The number of hydrogen-bond donors (Lipinski definition) is 1. The molecule has 2 aromatic heterocycles. The summed E-state index contributed by atoms with van der Waals surface area (Å²) in [7, 11) is 1.87. The molecular formula is C9H10ClN5. The summed E-state index contributed by atoms with van der Waals surface area (Å²) in [5.74, 6) is 0.520. The first kappa shape index (κ1) is 9.92. The summed E-state index contributed by atoms with van der Waals surface area (Å²) in [6, 6.07) is 1.64. The van der Waals surface area contributed by atoms with Crippen LogP contribution < -0.4 is 5.32 Å². The Hall–Kier alpha value is -1.62. The molecule has 0 spiro atoms. The zero-order valence-corrected chi connectivity index (χ0v) is 8.94. The van der Waals surface area contributed by atoms with Crippen molar-refractivity contribution in [2.24, 2.45) is 7.05 Å². The van der Waals surface area contributed by atoms with Gasteiger partial charge in [-0.05, 0) is 6.07 Å². The Morgan fingerprint density at radius 1 is 1.53 bits per heavy atom. The monoisotopic (exact) mass is 223 g/mol. The Kier molecular flexibility index (Phi) is 2.82. The molecular weight excluding hydrogens is 214 g/mol. The molecule has 0 amide bonds. The van der Waals surface area contributed by atoms with Crippen LogP contribution in [0.25, 0.3) is 0 Å². The average Bonchev–Trinajstić information content (AvgIpc) is 2.62. The van der Waals surface area contributed by atoms with E-state index in [-0.39, 0.29) is 0 Å². The fourth-order valence-corrected chi connectivity index (χ4v) is 1.30. The van der Waals surface area contributed by atoms with Crippen molar-refractivity contribution in [2.75, 3.05) is 5.32 Å². The Bertz CT molecular complexity index is 453. The van der Waals surface area contributed by atoms with Crippen LogP contribution in [0.4, 0.5) is 5.95 Å². The minimum Gasteiger partial charge on any atom is -0.350 e. The molecule has 0 atom stereocenters. The predicted octanol–water partition coefficient (Wildman–Crippen LogP) is 1.48. The van der Waals surface area contributed by atoms with Gasteiger partial charge in [0.1, 0.15) is 5.15 Å². The maximum absolute atomic E-state index is 5.72. The molecule has 6 heteroatoms. The number of anilines is 1. The molecule has 0 bridgehead atoms. The number of nitrogens with one attached hydrogen (secondary N) is 1. The molecule has 0 aliphatic carbocycles. The molecule has 0 aromatic carbocycles. The van der Waals surface area contributed by atoms with Crippen molar-refractivity contribution in [3.05, 3.63) is 35.4 Å². The van der Waals surface area contributed by atoms with Crippen molar-refractivity contribution >= 4 is 17.5 Å². The van der Waals surface area contributed by atoms with E-state index in [4.69, 9.17) is 11.6 Å². The van der Waals surface area contributed by atoms with Crippen LogP contribution in [0, 0.1) is 0 Å². The van der Waals surface area contributed by atoms with Crippen LogP contribution in [0.5, 0.6) is 0 Å². The number of halogens is 1. The van der Waals surface area contributed by atoms with E-state index in [0.29, 0.717) is 17.6 Å². The summed E-state index contributed by atoms with van der Waals surface area (Å²) in [4.78, 5) is 8.04. The van der Waals surface area contributed by atoms with Crippen LogP contribution in [0.2, 0.25) is 5.15 Å². The number of nitrogens with zero attached hydrogens (tertiary/aromatic N) is 4. The SMILES string of the molecule is Cn1cc(CNc2nccc(Cl)n2)cn1. The molecule has 0 unspecified atom stereocenters. The van der Waals surface area contributed by atoms with Crippen molar-refractivity contribution in [3.8, 4) is 0 Å². The van der Waals surface area contributed by atoms with Crippen LogP contribution >= 0.6 is 11.6 Å². The highest BCUT2D eigenvalue weighted by atomic mass is 35.5. The molecule has 0 aliphatic heterocycles. The van der Waals surface area contributed by atoms with E-state index >= 15 is 0 Å². The van der Waals surface area contributed by atoms with Crippen molar-refractivity contribution in [1.82, 2.24) is 19.7 Å². The van der Waals surface area contributed by atoms with E-state index in [9.17, 15) is 0 Å². The van der Waals surface area contributed by atoms with Gasteiger partial charge in [-0.15, -0.1) is 0 Å². The number of rotatable bonds is 3. The summed E-state index contributed by atoms with van der Waals surface area (Å²) in [6.45, 7) is 0.633. The van der Waals surface area contributed by atoms with Crippen LogP contribution in [-0.4, -0.2) is 19.7 Å². The quantitative estimate of drug-likeness (QED) is 0.801. The predicted molar refractivity (Wildman–Crippen MR) is 57.6 cm³/mol. The summed E-state index contributed by atoms with van der Waals surface area (Å²) < 4.78 is 1.75. The van der Waals surface area contributed by atoms with Gasteiger partial charge < -0.3 is 5.32 Å². The van der Waals surface area contributed by atoms with Gasteiger partial charge in [-0.3, -0.25) is 4.68 Å². The van der Waals surface area contributed by atoms with E-state index in [1.807, 2.05) is 13.2 Å².